The topological polar surface area (TPSA) is 79.4 Å². The molecule has 2 aliphatic rings. The van der Waals surface area contributed by atoms with Crippen molar-refractivity contribution >= 4 is 5.69 Å². The third-order valence-electron chi connectivity index (χ3n) is 6.52. The summed E-state index contributed by atoms with van der Waals surface area (Å²) < 4.78 is 3.77. The zero-order chi connectivity index (χ0) is 21.3. The first kappa shape index (κ1) is 21.1. The Bertz CT molecular complexity index is 936. The highest BCUT2D eigenvalue weighted by Crippen LogP contribution is 2.24. The lowest BCUT2D eigenvalue weighted by molar-refractivity contribution is 0.159. The SMILES string of the molecule is CCCn1nc(C)c(CN2CCCC(n3ncc(N4CC[C@H](O)C4)cc3=O)C2)c1C. The molecule has 2 aromatic rings. The molecule has 4 heterocycles. The van der Waals surface area contributed by atoms with Crippen molar-refractivity contribution in [2.45, 2.75) is 71.7 Å². The molecule has 8 nitrogen and oxygen atoms in total. The van der Waals surface area contributed by atoms with Crippen LogP contribution in [0.1, 0.15) is 55.6 Å². The first-order chi connectivity index (χ1) is 14.5. The number of aliphatic hydroxyl groups excluding tert-OH is 1. The molecule has 0 aliphatic carbocycles. The lowest BCUT2D eigenvalue weighted by atomic mass is 10.0. The number of rotatable bonds is 6. The zero-order valence-electron chi connectivity index (χ0n) is 18.4. The molecule has 2 saturated heterocycles. The van der Waals surface area contributed by atoms with Gasteiger partial charge in [-0.2, -0.15) is 10.2 Å². The third-order valence-corrected chi connectivity index (χ3v) is 6.52. The van der Waals surface area contributed by atoms with Gasteiger partial charge in [-0.15, -0.1) is 0 Å². The van der Waals surface area contributed by atoms with Crippen molar-refractivity contribution in [1.29, 1.82) is 0 Å². The van der Waals surface area contributed by atoms with Gasteiger partial charge in [0.15, 0.2) is 0 Å². The van der Waals surface area contributed by atoms with E-state index in [2.05, 4.69) is 35.5 Å². The van der Waals surface area contributed by atoms with Gasteiger partial charge in [0.1, 0.15) is 0 Å². The van der Waals surface area contributed by atoms with Crippen LogP contribution in [0.4, 0.5) is 5.69 Å². The molecule has 164 valence electrons. The summed E-state index contributed by atoms with van der Waals surface area (Å²) in [5.74, 6) is 0. The van der Waals surface area contributed by atoms with E-state index in [1.165, 1.54) is 11.3 Å². The summed E-state index contributed by atoms with van der Waals surface area (Å²) >= 11 is 0. The Morgan fingerprint density at radius 1 is 1.20 bits per heavy atom. The van der Waals surface area contributed by atoms with E-state index in [1.54, 1.807) is 16.9 Å². The Kier molecular flexibility index (Phi) is 6.24. The van der Waals surface area contributed by atoms with Gasteiger partial charge in [0.05, 0.1) is 29.7 Å². The number of hydrogen-bond acceptors (Lipinski definition) is 6. The first-order valence-electron chi connectivity index (χ1n) is 11.2. The van der Waals surface area contributed by atoms with Crippen LogP contribution < -0.4 is 10.5 Å². The molecule has 2 aliphatic heterocycles. The number of aromatic nitrogens is 4. The molecular formula is C22H34N6O2. The number of nitrogens with zero attached hydrogens (tertiary/aromatic N) is 6. The van der Waals surface area contributed by atoms with Gasteiger partial charge in [-0.25, -0.2) is 4.68 Å². The number of hydrogen-bond donors (Lipinski definition) is 1. The van der Waals surface area contributed by atoms with Crippen LogP contribution in [0.25, 0.3) is 0 Å². The summed E-state index contributed by atoms with van der Waals surface area (Å²) in [4.78, 5) is 17.3. The van der Waals surface area contributed by atoms with Crippen LogP contribution in [0.3, 0.4) is 0 Å². The molecular weight excluding hydrogens is 380 g/mol. The quantitative estimate of drug-likeness (QED) is 0.778. The molecule has 0 amide bonds. The van der Waals surface area contributed by atoms with E-state index in [0.29, 0.717) is 6.54 Å². The van der Waals surface area contributed by atoms with Crippen molar-refractivity contribution in [3.63, 3.8) is 0 Å². The Balaban J connectivity index is 1.46. The van der Waals surface area contributed by atoms with Gasteiger partial charge in [0.25, 0.3) is 5.56 Å². The van der Waals surface area contributed by atoms with Crippen molar-refractivity contribution in [1.82, 2.24) is 24.5 Å². The average molecular weight is 415 g/mol. The van der Waals surface area contributed by atoms with E-state index in [1.807, 2.05) is 4.90 Å². The molecule has 1 unspecified atom stereocenters. The minimum Gasteiger partial charge on any atom is -0.391 e. The number of piperidine rings is 1. The number of aryl methyl sites for hydroxylation is 2. The van der Waals surface area contributed by atoms with E-state index >= 15 is 0 Å². The maximum Gasteiger partial charge on any atom is 0.269 e. The lowest BCUT2D eigenvalue weighted by Crippen LogP contribution is -2.40. The second-order valence-corrected chi connectivity index (χ2v) is 8.79. The Labute approximate surface area is 178 Å². The van der Waals surface area contributed by atoms with E-state index < -0.39 is 0 Å². The summed E-state index contributed by atoms with van der Waals surface area (Å²) in [5, 5.41) is 19.0. The van der Waals surface area contributed by atoms with Gasteiger partial charge in [-0.3, -0.25) is 14.4 Å². The van der Waals surface area contributed by atoms with Crippen molar-refractivity contribution in [2.75, 3.05) is 31.1 Å². The molecule has 0 saturated carbocycles. The molecule has 1 N–H and O–H groups in total. The maximum absolute atomic E-state index is 12.8. The van der Waals surface area contributed by atoms with Crippen molar-refractivity contribution in [3.8, 4) is 0 Å². The van der Waals surface area contributed by atoms with Crippen LogP contribution in [-0.4, -0.2) is 61.9 Å². The standard InChI is InChI=1S/C22H34N6O2/c1-4-8-27-17(3)21(16(2)24-27)15-25-9-5-6-18(13-25)28-22(30)11-19(12-23-28)26-10-7-20(29)14-26/h11-12,18,20,29H,4-10,13-15H2,1-3H3/t18?,20-/m0/s1. The summed E-state index contributed by atoms with van der Waals surface area (Å²) in [7, 11) is 0. The molecule has 0 bridgehead atoms. The van der Waals surface area contributed by atoms with Crippen LogP contribution in [0, 0.1) is 13.8 Å². The fraction of sp³-hybridized carbons (Fsp3) is 0.682. The van der Waals surface area contributed by atoms with Gasteiger partial charge in [0, 0.05) is 50.0 Å². The molecule has 2 atom stereocenters. The Morgan fingerprint density at radius 2 is 2.03 bits per heavy atom. The van der Waals surface area contributed by atoms with Crippen molar-refractivity contribution in [3.05, 3.63) is 39.6 Å². The van der Waals surface area contributed by atoms with Crippen LogP contribution in [0.5, 0.6) is 0 Å². The van der Waals surface area contributed by atoms with Crippen LogP contribution in [0.2, 0.25) is 0 Å². The van der Waals surface area contributed by atoms with Gasteiger partial charge in [-0.1, -0.05) is 6.92 Å². The monoisotopic (exact) mass is 414 g/mol. The molecule has 2 aromatic heterocycles. The van der Waals surface area contributed by atoms with E-state index in [-0.39, 0.29) is 17.7 Å². The number of aliphatic hydroxyl groups is 1. The first-order valence-corrected chi connectivity index (χ1v) is 11.2. The van der Waals surface area contributed by atoms with Crippen LogP contribution in [0.15, 0.2) is 17.1 Å². The summed E-state index contributed by atoms with van der Waals surface area (Å²) in [6.45, 7) is 11.5. The molecule has 2 fully saturated rings. The van der Waals surface area contributed by atoms with Gasteiger partial charge in [0.2, 0.25) is 0 Å². The second kappa shape index (κ2) is 8.89. The number of anilines is 1. The van der Waals surface area contributed by atoms with Crippen LogP contribution >= 0.6 is 0 Å². The van der Waals surface area contributed by atoms with Gasteiger partial charge < -0.3 is 10.0 Å². The second-order valence-electron chi connectivity index (χ2n) is 8.79. The third kappa shape index (κ3) is 4.30. The molecule has 8 heteroatoms. The van der Waals surface area contributed by atoms with Gasteiger partial charge >= 0.3 is 0 Å². The Morgan fingerprint density at radius 3 is 2.73 bits per heavy atom. The smallest absolute Gasteiger partial charge is 0.269 e. The Hall–Kier alpha value is -2.19. The lowest BCUT2D eigenvalue weighted by Gasteiger charge is -2.33. The van der Waals surface area contributed by atoms with Crippen molar-refractivity contribution < 1.29 is 5.11 Å². The minimum atomic E-state index is -0.312. The average Bonchev–Trinajstić information content (AvgIpc) is 3.27. The molecule has 0 radical (unpaired) electrons. The fourth-order valence-electron chi connectivity index (χ4n) is 4.82. The van der Waals surface area contributed by atoms with E-state index in [9.17, 15) is 9.90 Å². The maximum atomic E-state index is 12.8. The fourth-order valence-corrected chi connectivity index (χ4v) is 4.82. The van der Waals surface area contributed by atoms with Gasteiger partial charge in [-0.05, 0) is 46.1 Å². The van der Waals surface area contributed by atoms with E-state index in [4.69, 9.17) is 5.10 Å². The van der Waals surface area contributed by atoms with Crippen LogP contribution in [-0.2, 0) is 13.1 Å². The highest BCUT2D eigenvalue weighted by Gasteiger charge is 2.26. The number of β-amino-alcohol motifs (C(OH)–C–C–N with tert-alkyl or cyclic N) is 1. The number of likely N-dealkylation sites (tertiary alicyclic amines) is 1. The highest BCUT2D eigenvalue weighted by atomic mass is 16.3. The minimum absolute atomic E-state index is 0.0520. The molecule has 0 aromatic carbocycles. The predicted molar refractivity (Wildman–Crippen MR) is 117 cm³/mol. The molecule has 0 spiro atoms. The largest absolute Gasteiger partial charge is 0.391 e. The summed E-state index contributed by atoms with van der Waals surface area (Å²) in [6.07, 6.45) is 5.32. The zero-order valence-corrected chi connectivity index (χ0v) is 18.4. The predicted octanol–water partition coefficient (Wildman–Crippen LogP) is 1.87. The summed E-state index contributed by atoms with van der Waals surface area (Å²) in [5.41, 5.74) is 4.44. The summed E-state index contributed by atoms with van der Waals surface area (Å²) in [6, 6.07) is 1.77. The normalized spacial score (nSPS) is 22.7. The van der Waals surface area contributed by atoms with Crippen molar-refractivity contribution in [2.24, 2.45) is 0 Å². The molecule has 30 heavy (non-hydrogen) atoms. The highest BCUT2D eigenvalue weighted by molar-refractivity contribution is 5.44. The van der Waals surface area contributed by atoms with E-state index in [0.717, 1.165) is 69.8 Å². The molecule has 4 rings (SSSR count).